The molecule has 4 heteroatoms. The second-order valence-electron chi connectivity index (χ2n) is 5.08. The van der Waals surface area contributed by atoms with Crippen LogP contribution >= 0.6 is 0 Å². The molecule has 0 bridgehead atoms. The van der Waals surface area contributed by atoms with Gasteiger partial charge in [0.15, 0.2) is 0 Å². The molecule has 0 spiro atoms. The number of imidazole rings is 1. The van der Waals surface area contributed by atoms with E-state index in [1.54, 1.807) is 7.11 Å². The zero-order valence-electron chi connectivity index (χ0n) is 12.5. The Morgan fingerprint density at radius 1 is 1.30 bits per heavy atom. The zero-order valence-corrected chi connectivity index (χ0v) is 12.5. The Kier molecular flexibility index (Phi) is 4.79. The molecule has 1 aromatic heterocycles. The lowest BCUT2D eigenvalue weighted by Crippen LogP contribution is -2.08. The van der Waals surface area contributed by atoms with Crippen molar-refractivity contribution in [3.8, 4) is 11.4 Å². The number of benzene rings is 1. The van der Waals surface area contributed by atoms with Crippen molar-refractivity contribution in [2.24, 2.45) is 0 Å². The number of nitrogens with zero attached hydrogens (tertiary/aromatic N) is 2. The van der Waals surface area contributed by atoms with Crippen LogP contribution in [0.3, 0.4) is 0 Å². The van der Waals surface area contributed by atoms with Gasteiger partial charge >= 0.3 is 0 Å². The fourth-order valence-corrected chi connectivity index (χ4v) is 2.43. The Bertz CT molecular complexity index is 548. The van der Waals surface area contributed by atoms with Gasteiger partial charge in [0, 0.05) is 25.1 Å². The van der Waals surface area contributed by atoms with E-state index in [-0.39, 0.29) is 5.92 Å². The van der Waals surface area contributed by atoms with Crippen LogP contribution in [-0.2, 0) is 11.3 Å². The lowest BCUT2D eigenvalue weighted by Gasteiger charge is -2.10. The van der Waals surface area contributed by atoms with E-state index in [4.69, 9.17) is 15.5 Å². The van der Waals surface area contributed by atoms with E-state index in [2.05, 4.69) is 30.5 Å². The molecule has 20 heavy (non-hydrogen) atoms. The average molecular weight is 273 g/mol. The van der Waals surface area contributed by atoms with E-state index >= 15 is 0 Å². The molecule has 0 aliphatic carbocycles. The molecule has 1 aromatic carbocycles. The fourth-order valence-electron chi connectivity index (χ4n) is 2.43. The van der Waals surface area contributed by atoms with Gasteiger partial charge in [-0.2, -0.15) is 0 Å². The van der Waals surface area contributed by atoms with Gasteiger partial charge in [0.25, 0.3) is 0 Å². The monoisotopic (exact) mass is 273 g/mol. The van der Waals surface area contributed by atoms with Crippen molar-refractivity contribution in [2.75, 3.05) is 19.5 Å². The molecule has 1 unspecified atom stereocenters. The van der Waals surface area contributed by atoms with Crippen molar-refractivity contribution < 1.29 is 4.74 Å². The van der Waals surface area contributed by atoms with E-state index in [1.807, 2.05) is 18.2 Å². The van der Waals surface area contributed by atoms with Gasteiger partial charge in [0.1, 0.15) is 11.6 Å². The van der Waals surface area contributed by atoms with Gasteiger partial charge in [-0.1, -0.05) is 44.2 Å². The minimum absolute atomic E-state index is 0.195. The number of rotatable bonds is 6. The van der Waals surface area contributed by atoms with Gasteiger partial charge in [0.2, 0.25) is 0 Å². The summed E-state index contributed by atoms with van der Waals surface area (Å²) >= 11 is 0. The molecule has 0 amide bonds. The number of ether oxygens (including phenoxy) is 1. The number of aromatic nitrogens is 2. The number of methoxy groups -OCH3 is 1. The molecule has 1 heterocycles. The fraction of sp³-hybridized carbons (Fsp3) is 0.438. The smallest absolute Gasteiger partial charge is 0.141 e. The molecular weight excluding hydrogens is 250 g/mol. The van der Waals surface area contributed by atoms with Crippen LogP contribution in [0, 0.1) is 0 Å². The van der Waals surface area contributed by atoms with Crippen molar-refractivity contribution in [3.05, 3.63) is 36.0 Å². The molecule has 108 valence electrons. The predicted molar refractivity (Wildman–Crippen MR) is 82.7 cm³/mol. The summed E-state index contributed by atoms with van der Waals surface area (Å²) < 4.78 is 7.33. The predicted octanol–water partition coefficient (Wildman–Crippen LogP) is 3.29. The van der Waals surface area contributed by atoms with E-state index in [1.165, 1.54) is 0 Å². The van der Waals surface area contributed by atoms with Crippen LogP contribution in [0.1, 0.15) is 31.9 Å². The van der Waals surface area contributed by atoms with Crippen LogP contribution < -0.4 is 5.73 Å². The van der Waals surface area contributed by atoms with Crippen molar-refractivity contribution in [1.82, 2.24) is 9.55 Å². The Balaban J connectivity index is 2.48. The van der Waals surface area contributed by atoms with Crippen molar-refractivity contribution >= 4 is 5.82 Å². The Labute approximate surface area is 120 Å². The molecule has 0 radical (unpaired) electrons. The SMILES string of the molecule is CCCn1c(-c2ccccc2)nc(C(C)COC)c1N. The number of nitrogens with two attached hydrogens (primary N) is 1. The molecule has 0 aliphatic heterocycles. The van der Waals surface area contributed by atoms with Crippen molar-refractivity contribution in [1.29, 1.82) is 0 Å². The Hall–Kier alpha value is -1.81. The maximum Gasteiger partial charge on any atom is 0.141 e. The largest absolute Gasteiger partial charge is 0.384 e. The molecule has 1 atom stereocenters. The van der Waals surface area contributed by atoms with Gasteiger partial charge in [-0.05, 0) is 6.42 Å². The third-order valence-electron chi connectivity index (χ3n) is 3.40. The molecule has 2 rings (SSSR count). The van der Waals surface area contributed by atoms with Crippen molar-refractivity contribution in [3.63, 3.8) is 0 Å². The first kappa shape index (κ1) is 14.6. The maximum absolute atomic E-state index is 6.30. The topological polar surface area (TPSA) is 53.1 Å². The van der Waals surface area contributed by atoms with Gasteiger partial charge < -0.3 is 15.0 Å². The van der Waals surface area contributed by atoms with Crippen LogP contribution in [0.2, 0.25) is 0 Å². The average Bonchev–Trinajstić information content (AvgIpc) is 2.78. The summed E-state index contributed by atoms with van der Waals surface area (Å²) in [5, 5.41) is 0. The van der Waals surface area contributed by atoms with E-state index in [9.17, 15) is 0 Å². The highest BCUT2D eigenvalue weighted by Gasteiger charge is 2.19. The highest BCUT2D eigenvalue weighted by atomic mass is 16.5. The standard InChI is InChI=1S/C16H23N3O/c1-4-10-19-15(17)14(12(2)11-20-3)18-16(19)13-8-6-5-7-9-13/h5-9,12H,4,10-11,17H2,1-3H3. The normalized spacial score (nSPS) is 12.6. The second-order valence-corrected chi connectivity index (χ2v) is 5.08. The first-order valence-electron chi connectivity index (χ1n) is 7.09. The first-order chi connectivity index (χ1) is 9.69. The highest BCUT2D eigenvalue weighted by Crippen LogP contribution is 2.29. The van der Waals surface area contributed by atoms with Crippen molar-refractivity contribution in [2.45, 2.75) is 32.7 Å². The summed E-state index contributed by atoms with van der Waals surface area (Å²) in [6.07, 6.45) is 1.03. The third kappa shape index (κ3) is 2.85. The van der Waals surface area contributed by atoms with Gasteiger partial charge in [-0.25, -0.2) is 4.98 Å². The molecule has 2 aromatic rings. The van der Waals surface area contributed by atoms with Crippen LogP contribution in [0.25, 0.3) is 11.4 Å². The maximum atomic E-state index is 6.30. The first-order valence-corrected chi connectivity index (χ1v) is 7.09. The summed E-state index contributed by atoms with van der Waals surface area (Å²) in [6.45, 7) is 5.74. The van der Waals surface area contributed by atoms with E-state index in [0.29, 0.717) is 6.61 Å². The number of hydrogen-bond acceptors (Lipinski definition) is 3. The molecule has 0 fully saturated rings. The minimum atomic E-state index is 0.195. The van der Waals surface area contributed by atoms with E-state index in [0.717, 1.165) is 35.9 Å². The number of nitrogen functional groups attached to an aromatic ring is 1. The van der Waals surface area contributed by atoms with Gasteiger partial charge in [-0.3, -0.25) is 0 Å². The summed E-state index contributed by atoms with van der Waals surface area (Å²) in [5.74, 6) is 1.90. The van der Waals surface area contributed by atoms with E-state index < -0.39 is 0 Å². The zero-order chi connectivity index (χ0) is 14.5. The van der Waals surface area contributed by atoms with Gasteiger partial charge in [-0.15, -0.1) is 0 Å². The lowest BCUT2D eigenvalue weighted by atomic mass is 10.1. The molecule has 0 saturated carbocycles. The molecular formula is C16H23N3O. The number of hydrogen-bond donors (Lipinski definition) is 1. The van der Waals surface area contributed by atoms with Crippen LogP contribution in [-0.4, -0.2) is 23.3 Å². The minimum Gasteiger partial charge on any atom is -0.384 e. The summed E-state index contributed by atoms with van der Waals surface area (Å²) in [5.41, 5.74) is 8.33. The van der Waals surface area contributed by atoms with Crippen LogP contribution in [0.5, 0.6) is 0 Å². The molecule has 0 saturated heterocycles. The lowest BCUT2D eigenvalue weighted by molar-refractivity contribution is 0.183. The Morgan fingerprint density at radius 2 is 2.00 bits per heavy atom. The third-order valence-corrected chi connectivity index (χ3v) is 3.40. The van der Waals surface area contributed by atoms with Crippen LogP contribution in [0.15, 0.2) is 30.3 Å². The molecule has 4 nitrogen and oxygen atoms in total. The molecule has 2 N–H and O–H groups in total. The summed E-state index contributed by atoms with van der Waals surface area (Å²) in [4.78, 5) is 4.78. The summed E-state index contributed by atoms with van der Waals surface area (Å²) in [7, 11) is 1.70. The van der Waals surface area contributed by atoms with Crippen LogP contribution in [0.4, 0.5) is 5.82 Å². The van der Waals surface area contributed by atoms with Gasteiger partial charge in [0.05, 0.1) is 12.3 Å². The Morgan fingerprint density at radius 3 is 2.60 bits per heavy atom. The summed E-state index contributed by atoms with van der Waals surface area (Å²) in [6, 6.07) is 10.2. The molecule has 0 aliphatic rings. The number of anilines is 1. The second kappa shape index (κ2) is 6.57. The quantitative estimate of drug-likeness (QED) is 0.878. The highest BCUT2D eigenvalue weighted by molar-refractivity contribution is 5.61.